The zero-order valence-corrected chi connectivity index (χ0v) is 11.8. The molecule has 0 bridgehead atoms. The summed E-state index contributed by atoms with van der Waals surface area (Å²) in [6.07, 6.45) is 0.869. The van der Waals surface area contributed by atoms with Crippen LogP contribution in [0.2, 0.25) is 0 Å². The second-order valence-electron chi connectivity index (χ2n) is 4.59. The maximum absolute atomic E-state index is 13.4. The minimum Gasteiger partial charge on any atom is -0.312 e. The molecule has 102 valence electrons. The van der Waals surface area contributed by atoms with Gasteiger partial charge in [0.2, 0.25) is 0 Å². The number of benzene rings is 2. The Balaban J connectivity index is 1.54. The normalized spacial score (nSPS) is 11.1. The smallest absolute Gasteiger partial charge is 0.127 e. The molecule has 2 nitrogen and oxygen atoms in total. The standard InChI is InChI=1S/C16H15FN2S/c17-13-6-2-1-5-12(13)11-18-10-9-16-19-14-7-3-4-8-15(14)20-16/h1-8,18H,9-11H2. The average molecular weight is 286 g/mol. The number of aromatic nitrogens is 1. The number of thiazole rings is 1. The maximum atomic E-state index is 13.4. The molecular formula is C16H15FN2S. The molecule has 4 heteroatoms. The minimum atomic E-state index is -0.153. The number of para-hydroxylation sites is 1. The Morgan fingerprint density at radius 3 is 2.70 bits per heavy atom. The van der Waals surface area contributed by atoms with Crippen LogP contribution in [0, 0.1) is 5.82 Å². The van der Waals surface area contributed by atoms with Gasteiger partial charge in [0.25, 0.3) is 0 Å². The number of hydrogen-bond acceptors (Lipinski definition) is 3. The first-order valence-electron chi connectivity index (χ1n) is 6.61. The van der Waals surface area contributed by atoms with E-state index in [9.17, 15) is 4.39 Å². The topological polar surface area (TPSA) is 24.9 Å². The summed E-state index contributed by atoms with van der Waals surface area (Å²) in [6.45, 7) is 1.35. The highest BCUT2D eigenvalue weighted by atomic mass is 32.1. The molecule has 1 aromatic heterocycles. The fourth-order valence-electron chi connectivity index (χ4n) is 2.09. The van der Waals surface area contributed by atoms with Gasteiger partial charge in [0.15, 0.2) is 0 Å². The van der Waals surface area contributed by atoms with Crippen molar-refractivity contribution in [3.8, 4) is 0 Å². The van der Waals surface area contributed by atoms with Crippen LogP contribution in [0.15, 0.2) is 48.5 Å². The van der Waals surface area contributed by atoms with Gasteiger partial charge >= 0.3 is 0 Å². The quantitative estimate of drug-likeness (QED) is 0.722. The first kappa shape index (κ1) is 13.2. The van der Waals surface area contributed by atoms with Crippen LogP contribution in [0.25, 0.3) is 10.2 Å². The van der Waals surface area contributed by atoms with Gasteiger partial charge in [-0.2, -0.15) is 0 Å². The van der Waals surface area contributed by atoms with Crippen LogP contribution in [0.3, 0.4) is 0 Å². The molecule has 0 atom stereocenters. The van der Waals surface area contributed by atoms with E-state index in [1.165, 1.54) is 10.8 Å². The van der Waals surface area contributed by atoms with E-state index in [0.717, 1.165) is 23.5 Å². The van der Waals surface area contributed by atoms with Crippen molar-refractivity contribution in [1.29, 1.82) is 0 Å². The van der Waals surface area contributed by atoms with Gasteiger partial charge in [0.1, 0.15) is 5.82 Å². The Kier molecular flexibility index (Phi) is 4.04. The van der Waals surface area contributed by atoms with Crippen molar-refractivity contribution < 1.29 is 4.39 Å². The molecule has 20 heavy (non-hydrogen) atoms. The van der Waals surface area contributed by atoms with Crippen molar-refractivity contribution in [1.82, 2.24) is 10.3 Å². The fraction of sp³-hybridized carbons (Fsp3) is 0.188. The third kappa shape index (κ3) is 3.03. The molecule has 1 heterocycles. The molecule has 1 N–H and O–H groups in total. The largest absolute Gasteiger partial charge is 0.312 e. The molecule has 2 aromatic carbocycles. The zero-order chi connectivity index (χ0) is 13.8. The summed E-state index contributed by atoms with van der Waals surface area (Å²) >= 11 is 1.72. The summed E-state index contributed by atoms with van der Waals surface area (Å²) in [5, 5.41) is 4.38. The number of nitrogens with one attached hydrogen (secondary N) is 1. The van der Waals surface area contributed by atoms with Crippen molar-refractivity contribution >= 4 is 21.6 Å². The molecule has 0 saturated carbocycles. The van der Waals surface area contributed by atoms with E-state index in [-0.39, 0.29) is 5.82 Å². The zero-order valence-electron chi connectivity index (χ0n) is 11.0. The average Bonchev–Trinajstić information content (AvgIpc) is 2.88. The van der Waals surface area contributed by atoms with Crippen LogP contribution < -0.4 is 5.32 Å². The highest BCUT2D eigenvalue weighted by Gasteiger charge is 2.03. The van der Waals surface area contributed by atoms with E-state index in [2.05, 4.69) is 16.4 Å². The van der Waals surface area contributed by atoms with Gasteiger partial charge in [-0.25, -0.2) is 9.37 Å². The van der Waals surface area contributed by atoms with E-state index in [4.69, 9.17) is 0 Å². The number of halogens is 1. The van der Waals surface area contributed by atoms with Crippen LogP contribution in [0.5, 0.6) is 0 Å². The Bertz CT molecular complexity index is 675. The second kappa shape index (κ2) is 6.11. The van der Waals surface area contributed by atoms with Crippen molar-refractivity contribution in [3.05, 3.63) is 64.9 Å². The lowest BCUT2D eigenvalue weighted by molar-refractivity contribution is 0.588. The monoisotopic (exact) mass is 286 g/mol. The van der Waals surface area contributed by atoms with Gasteiger partial charge in [-0.3, -0.25) is 0 Å². The molecule has 0 saturated heterocycles. The third-order valence-electron chi connectivity index (χ3n) is 3.13. The molecule has 0 aliphatic heterocycles. The van der Waals surface area contributed by atoms with Gasteiger partial charge in [0.05, 0.1) is 15.2 Å². The molecule has 0 amide bonds. The predicted octanol–water partition coefficient (Wildman–Crippen LogP) is 3.77. The van der Waals surface area contributed by atoms with E-state index in [0.29, 0.717) is 12.1 Å². The lowest BCUT2D eigenvalue weighted by Gasteiger charge is -2.04. The Morgan fingerprint density at radius 2 is 1.85 bits per heavy atom. The molecule has 3 rings (SSSR count). The van der Waals surface area contributed by atoms with Crippen molar-refractivity contribution in [2.45, 2.75) is 13.0 Å². The van der Waals surface area contributed by atoms with Gasteiger partial charge in [-0.15, -0.1) is 11.3 Å². The van der Waals surface area contributed by atoms with Crippen LogP contribution in [-0.2, 0) is 13.0 Å². The van der Waals surface area contributed by atoms with E-state index in [1.807, 2.05) is 24.3 Å². The lowest BCUT2D eigenvalue weighted by Crippen LogP contribution is -2.17. The SMILES string of the molecule is Fc1ccccc1CNCCc1nc2ccccc2s1. The molecule has 0 radical (unpaired) electrons. The van der Waals surface area contributed by atoms with Crippen LogP contribution in [-0.4, -0.2) is 11.5 Å². The van der Waals surface area contributed by atoms with E-state index < -0.39 is 0 Å². The Hall–Kier alpha value is -1.78. The highest BCUT2D eigenvalue weighted by molar-refractivity contribution is 7.18. The number of hydrogen-bond donors (Lipinski definition) is 1. The van der Waals surface area contributed by atoms with Gasteiger partial charge in [0, 0.05) is 25.1 Å². The van der Waals surface area contributed by atoms with Crippen molar-refractivity contribution in [3.63, 3.8) is 0 Å². The first-order valence-corrected chi connectivity index (χ1v) is 7.43. The second-order valence-corrected chi connectivity index (χ2v) is 5.71. The Morgan fingerprint density at radius 1 is 1.05 bits per heavy atom. The van der Waals surface area contributed by atoms with Crippen molar-refractivity contribution in [2.24, 2.45) is 0 Å². The summed E-state index contributed by atoms with van der Waals surface area (Å²) in [5.41, 5.74) is 1.76. The Labute approximate surface area is 121 Å². The molecule has 3 aromatic rings. The van der Waals surface area contributed by atoms with Gasteiger partial charge in [-0.1, -0.05) is 30.3 Å². The molecule has 0 aliphatic rings. The van der Waals surface area contributed by atoms with E-state index >= 15 is 0 Å². The number of fused-ring (bicyclic) bond motifs is 1. The molecule has 0 unspecified atom stereocenters. The molecule has 0 aliphatic carbocycles. The van der Waals surface area contributed by atoms with Crippen molar-refractivity contribution in [2.75, 3.05) is 6.54 Å². The maximum Gasteiger partial charge on any atom is 0.127 e. The van der Waals surface area contributed by atoms with E-state index in [1.54, 1.807) is 23.5 Å². The highest BCUT2D eigenvalue weighted by Crippen LogP contribution is 2.21. The molecule has 0 fully saturated rings. The lowest BCUT2D eigenvalue weighted by atomic mass is 10.2. The third-order valence-corrected chi connectivity index (χ3v) is 4.22. The van der Waals surface area contributed by atoms with Crippen LogP contribution in [0.4, 0.5) is 4.39 Å². The van der Waals surface area contributed by atoms with Crippen LogP contribution in [0.1, 0.15) is 10.6 Å². The van der Waals surface area contributed by atoms with Gasteiger partial charge < -0.3 is 5.32 Å². The number of nitrogens with zero attached hydrogens (tertiary/aromatic N) is 1. The summed E-state index contributed by atoms with van der Waals surface area (Å²) in [7, 11) is 0. The first-order chi connectivity index (χ1) is 9.83. The van der Waals surface area contributed by atoms with Crippen LogP contribution >= 0.6 is 11.3 Å². The molecular weight excluding hydrogens is 271 g/mol. The summed E-state index contributed by atoms with van der Waals surface area (Å²) in [4.78, 5) is 4.58. The minimum absolute atomic E-state index is 0.153. The summed E-state index contributed by atoms with van der Waals surface area (Å²) in [5.74, 6) is -0.153. The fourth-order valence-corrected chi connectivity index (χ4v) is 3.05. The van der Waals surface area contributed by atoms with Gasteiger partial charge in [-0.05, 0) is 18.2 Å². The molecule has 0 spiro atoms. The summed E-state index contributed by atoms with van der Waals surface area (Å²) < 4.78 is 14.6. The number of rotatable bonds is 5. The predicted molar refractivity (Wildman–Crippen MR) is 81.4 cm³/mol. The summed E-state index contributed by atoms with van der Waals surface area (Å²) in [6, 6.07) is 15.0.